The lowest BCUT2D eigenvalue weighted by atomic mass is 10.1. The third-order valence-corrected chi connectivity index (χ3v) is 4.64. The SMILES string of the molecule is COC(=O)COC(=O)/C(C#N)=C/c1cc(C)n(-c2cccc(Cl)c2Cl)c1C. The van der Waals surface area contributed by atoms with E-state index < -0.39 is 18.5 Å². The van der Waals surface area contributed by atoms with Crippen LogP contribution in [-0.2, 0) is 19.1 Å². The molecule has 0 aliphatic rings. The smallest absolute Gasteiger partial charge is 0.349 e. The van der Waals surface area contributed by atoms with Gasteiger partial charge in [0.2, 0.25) is 0 Å². The van der Waals surface area contributed by atoms with Crippen LogP contribution in [0.2, 0.25) is 10.0 Å². The summed E-state index contributed by atoms with van der Waals surface area (Å²) in [6.07, 6.45) is 1.40. The predicted octanol–water partition coefficient (Wildman–Crippen LogP) is 4.02. The number of hydrogen-bond acceptors (Lipinski definition) is 5. The molecule has 8 heteroatoms. The van der Waals surface area contributed by atoms with Gasteiger partial charge in [0.1, 0.15) is 11.6 Å². The third-order valence-electron chi connectivity index (χ3n) is 3.83. The average Bonchev–Trinajstić information content (AvgIpc) is 2.93. The van der Waals surface area contributed by atoms with Crippen molar-refractivity contribution in [3.63, 3.8) is 0 Å². The van der Waals surface area contributed by atoms with Gasteiger partial charge in [-0.2, -0.15) is 5.26 Å². The van der Waals surface area contributed by atoms with E-state index in [4.69, 9.17) is 27.9 Å². The van der Waals surface area contributed by atoms with Crippen LogP contribution < -0.4 is 0 Å². The Labute approximate surface area is 166 Å². The largest absolute Gasteiger partial charge is 0.466 e. The molecular formula is C19H16Cl2N2O4. The Kier molecular flexibility index (Phi) is 6.67. The second-order valence-electron chi connectivity index (χ2n) is 5.56. The number of rotatable bonds is 5. The summed E-state index contributed by atoms with van der Waals surface area (Å²) in [5, 5.41) is 10.1. The number of esters is 2. The van der Waals surface area contributed by atoms with Gasteiger partial charge in [-0.05, 0) is 43.7 Å². The van der Waals surface area contributed by atoms with Gasteiger partial charge in [-0.1, -0.05) is 29.3 Å². The molecule has 0 aliphatic carbocycles. The molecule has 6 nitrogen and oxygen atoms in total. The number of halogens is 2. The van der Waals surface area contributed by atoms with Gasteiger partial charge in [-0.3, -0.25) is 0 Å². The number of hydrogen-bond donors (Lipinski definition) is 0. The van der Waals surface area contributed by atoms with Crippen molar-refractivity contribution in [2.24, 2.45) is 0 Å². The Balaban J connectivity index is 2.41. The van der Waals surface area contributed by atoms with Crippen LogP contribution >= 0.6 is 23.2 Å². The summed E-state index contributed by atoms with van der Waals surface area (Å²) in [4.78, 5) is 23.1. The lowest BCUT2D eigenvalue weighted by molar-refractivity contribution is -0.154. The fraction of sp³-hybridized carbons (Fsp3) is 0.211. The summed E-state index contributed by atoms with van der Waals surface area (Å²) in [6.45, 7) is 3.12. The first-order valence-electron chi connectivity index (χ1n) is 7.79. The van der Waals surface area contributed by atoms with E-state index in [2.05, 4.69) is 4.74 Å². The Hall–Kier alpha value is -2.75. The molecule has 0 unspecified atom stereocenters. The number of aromatic nitrogens is 1. The highest BCUT2D eigenvalue weighted by Crippen LogP contribution is 2.32. The summed E-state index contributed by atoms with van der Waals surface area (Å²) < 4.78 is 11.0. The van der Waals surface area contributed by atoms with Crippen molar-refractivity contribution in [3.8, 4) is 11.8 Å². The quantitative estimate of drug-likeness (QED) is 0.425. The molecule has 0 saturated carbocycles. The summed E-state index contributed by atoms with van der Waals surface area (Å²) in [6, 6.07) is 8.87. The first-order valence-corrected chi connectivity index (χ1v) is 8.54. The number of ether oxygens (including phenoxy) is 2. The zero-order valence-electron chi connectivity index (χ0n) is 14.9. The van der Waals surface area contributed by atoms with Crippen LogP contribution in [0.5, 0.6) is 0 Å². The first kappa shape index (κ1) is 20.6. The molecule has 0 saturated heterocycles. The molecule has 1 aromatic carbocycles. The second-order valence-corrected chi connectivity index (χ2v) is 6.34. The van der Waals surface area contributed by atoms with Crippen molar-refractivity contribution in [1.82, 2.24) is 4.57 Å². The Morgan fingerprint density at radius 1 is 1.30 bits per heavy atom. The standard InChI is InChI=1S/C19H16Cl2N2O4/c1-11-7-13(8-14(9-22)19(25)27-10-17(24)26-3)12(2)23(11)16-6-4-5-15(20)18(16)21/h4-8H,10H2,1-3H3/b14-8+. The van der Waals surface area contributed by atoms with Crippen LogP contribution in [0.15, 0.2) is 29.8 Å². The first-order chi connectivity index (χ1) is 12.8. The van der Waals surface area contributed by atoms with Crippen LogP contribution in [0, 0.1) is 25.2 Å². The molecule has 0 spiro atoms. The average molecular weight is 407 g/mol. The molecule has 1 aromatic heterocycles. The van der Waals surface area contributed by atoms with Crippen molar-refractivity contribution in [2.75, 3.05) is 13.7 Å². The Morgan fingerprint density at radius 2 is 2.00 bits per heavy atom. The molecule has 2 aromatic rings. The maximum Gasteiger partial charge on any atom is 0.349 e. The molecular weight excluding hydrogens is 391 g/mol. The zero-order chi connectivity index (χ0) is 20.1. The van der Waals surface area contributed by atoms with Crippen molar-refractivity contribution >= 4 is 41.2 Å². The summed E-state index contributed by atoms with van der Waals surface area (Å²) >= 11 is 12.4. The molecule has 0 atom stereocenters. The van der Waals surface area contributed by atoms with Crippen LogP contribution in [0.25, 0.3) is 11.8 Å². The van der Waals surface area contributed by atoms with Gasteiger partial charge in [-0.15, -0.1) is 0 Å². The monoisotopic (exact) mass is 406 g/mol. The maximum absolute atomic E-state index is 12.0. The van der Waals surface area contributed by atoms with E-state index in [0.29, 0.717) is 21.3 Å². The Bertz CT molecular complexity index is 971. The number of methoxy groups -OCH3 is 1. The fourth-order valence-corrected chi connectivity index (χ4v) is 2.90. The van der Waals surface area contributed by atoms with Gasteiger partial charge in [0, 0.05) is 11.4 Å². The Morgan fingerprint density at radius 3 is 2.63 bits per heavy atom. The van der Waals surface area contributed by atoms with Crippen molar-refractivity contribution in [3.05, 3.63) is 56.8 Å². The molecule has 0 fully saturated rings. The van der Waals surface area contributed by atoms with Gasteiger partial charge in [0.05, 0.1) is 22.8 Å². The van der Waals surface area contributed by atoms with Crippen molar-refractivity contribution in [1.29, 1.82) is 5.26 Å². The van der Waals surface area contributed by atoms with Gasteiger partial charge < -0.3 is 14.0 Å². The zero-order valence-corrected chi connectivity index (χ0v) is 16.4. The van der Waals surface area contributed by atoms with Crippen molar-refractivity contribution in [2.45, 2.75) is 13.8 Å². The van der Waals surface area contributed by atoms with E-state index in [9.17, 15) is 14.9 Å². The summed E-state index contributed by atoms with van der Waals surface area (Å²) in [7, 11) is 1.17. The van der Waals surface area contributed by atoms with Gasteiger partial charge in [0.25, 0.3) is 0 Å². The lowest BCUT2D eigenvalue weighted by Gasteiger charge is -2.12. The van der Waals surface area contributed by atoms with E-state index in [0.717, 1.165) is 11.4 Å². The van der Waals surface area contributed by atoms with E-state index in [1.165, 1.54) is 13.2 Å². The van der Waals surface area contributed by atoms with Crippen molar-refractivity contribution < 1.29 is 19.1 Å². The van der Waals surface area contributed by atoms with E-state index in [-0.39, 0.29) is 5.57 Å². The highest BCUT2D eigenvalue weighted by molar-refractivity contribution is 6.43. The summed E-state index contributed by atoms with van der Waals surface area (Å²) in [5.74, 6) is -1.62. The molecule has 0 N–H and O–H groups in total. The topological polar surface area (TPSA) is 81.3 Å². The molecule has 0 amide bonds. The molecule has 0 bridgehead atoms. The number of benzene rings is 1. The van der Waals surface area contributed by atoms with Crippen LogP contribution in [-0.4, -0.2) is 30.2 Å². The molecule has 2 rings (SSSR count). The number of carbonyl (C=O) groups excluding carboxylic acids is 2. The normalized spacial score (nSPS) is 11.0. The van der Waals surface area contributed by atoms with Gasteiger partial charge >= 0.3 is 11.9 Å². The van der Waals surface area contributed by atoms with E-state index >= 15 is 0 Å². The molecule has 0 radical (unpaired) electrons. The molecule has 140 valence electrons. The lowest BCUT2D eigenvalue weighted by Crippen LogP contribution is -2.15. The van der Waals surface area contributed by atoms with E-state index in [1.54, 1.807) is 24.3 Å². The predicted molar refractivity (Wildman–Crippen MR) is 102 cm³/mol. The molecule has 1 heterocycles. The maximum atomic E-state index is 12.0. The summed E-state index contributed by atoms with van der Waals surface area (Å²) in [5.41, 5.74) is 2.67. The number of nitriles is 1. The molecule has 27 heavy (non-hydrogen) atoms. The minimum absolute atomic E-state index is 0.239. The highest BCUT2D eigenvalue weighted by atomic mass is 35.5. The van der Waals surface area contributed by atoms with Crippen LogP contribution in [0.4, 0.5) is 0 Å². The van der Waals surface area contributed by atoms with Crippen LogP contribution in [0.3, 0.4) is 0 Å². The molecule has 0 aliphatic heterocycles. The minimum atomic E-state index is -0.909. The fourth-order valence-electron chi connectivity index (χ4n) is 2.52. The third kappa shape index (κ3) is 4.51. The second kappa shape index (κ2) is 8.76. The number of carbonyl (C=O) groups is 2. The van der Waals surface area contributed by atoms with Crippen LogP contribution in [0.1, 0.15) is 17.0 Å². The van der Waals surface area contributed by atoms with Gasteiger partial charge in [-0.25, -0.2) is 9.59 Å². The minimum Gasteiger partial charge on any atom is -0.466 e. The number of aryl methyl sites for hydroxylation is 1. The van der Waals surface area contributed by atoms with Gasteiger partial charge in [0.15, 0.2) is 6.61 Å². The van der Waals surface area contributed by atoms with E-state index in [1.807, 2.05) is 24.5 Å². The highest BCUT2D eigenvalue weighted by Gasteiger charge is 2.17. The number of nitrogens with zero attached hydrogens (tertiary/aromatic N) is 2.